The minimum absolute atomic E-state index is 0.0889. The van der Waals surface area contributed by atoms with Crippen molar-refractivity contribution in [3.63, 3.8) is 0 Å². The van der Waals surface area contributed by atoms with Crippen LogP contribution in [0.2, 0.25) is 0 Å². The van der Waals surface area contributed by atoms with Gasteiger partial charge in [0.1, 0.15) is 5.41 Å². The molecule has 28 heavy (non-hydrogen) atoms. The summed E-state index contributed by atoms with van der Waals surface area (Å²) in [6.45, 7) is 6.91. The van der Waals surface area contributed by atoms with E-state index in [9.17, 15) is 14.4 Å². The highest BCUT2D eigenvalue weighted by molar-refractivity contribution is 6.10. The number of nitrogens with one attached hydrogen (secondary N) is 1. The molecule has 0 fully saturated rings. The first-order valence-electron chi connectivity index (χ1n) is 9.23. The number of para-hydroxylation sites is 1. The van der Waals surface area contributed by atoms with E-state index in [1.165, 1.54) is 0 Å². The van der Waals surface area contributed by atoms with Crippen molar-refractivity contribution in [2.24, 2.45) is 10.5 Å². The lowest BCUT2D eigenvalue weighted by atomic mass is 9.77. The van der Waals surface area contributed by atoms with Crippen molar-refractivity contribution in [1.29, 1.82) is 0 Å². The third-order valence-corrected chi connectivity index (χ3v) is 3.99. The van der Waals surface area contributed by atoms with Crippen molar-refractivity contribution in [1.82, 2.24) is 0 Å². The van der Waals surface area contributed by atoms with E-state index in [-0.39, 0.29) is 38.4 Å². The molecule has 0 heterocycles. The molecule has 8 nitrogen and oxygen atoms in total. The molecule has 0 atom stereocenters. The van der Waals surface area contributed by atoms with Gasteiger partial charge in [0.2, 0.25) is 0 Å². The Kier molecular flexibility index (Phi) is 9.70. The van der Waals surface area contributed by atoms with Gasteiger partial charge in [-0.05, 0) is 39.8 Å². The highest BCUT2D eigenvalue weighted by Gasteiger charge is 2.48. The number of hydrogen-bond donors (Lipinski definition) is 1. The number of carbonyl (C=O) groups is 3. The van der Waals surface area contributed by atoms with Crippen molar-refractivity contribution >= 4 is 29.3 Å². The maximum absolute atomic E-state index is 12.9. The molecule has 0 spiro atoms. The van der Waals surface area contributed by atoms with Crippen LogP contribution in [0.3, 0.4) is 0 Å². The number of carbonyl (C=O) groups excluding carboxylic acids is 3. The molecule has 1 aromatic rings. The van der Waals surface area contributed by atoms with Gasteiger partial charge in [0.25, 0.3) is 0 Å². The van der Waals surface area contributed by atoms with Gasteiger partial charge >= 0.3 is 17.9 Å². The second-order valence-corrected chi connectivity index (χ2v) is 5.94. The van der Waals surface area contributed by atoms with E-state index >= 15 is 0 Å². The highest BCUT2D eigenvalue weighted by Crippen LogP contribution is 2.32. The Morgan fingerprint density at radius 3 is 1.86 bits per heavy atom. The van der Waals surface area contributed by atoms with Crippen LogP contribution >= 0.6 is 0 Å². The largest absolute Gasteiger partial charge is 0.466 e. The summed E-state index contributed by atoms with van der Waals surface area (Å²) >= 11 is 0. The van der Waals surface area contributed by atoms with Crippen LogP contribution in [0.15, 0.2) is 35.4 Å². The molecule has 0 radical (unpaired) electrons. The standard InChI is InChI=1S/C20H28N2O6/c1-5-26-17(23)13-20(19(25)28-7-3,14-18(24)27-6-2)15(4)21-22-16-11-9-8-10-12-16/h8-12,22H,5-7,13-14H2,1-4H3/b21-15+. The minimum Gasteiger partial charge on any atom is -0.466 e. The molecular weight excluding hydrogens is 364 g/mol. The van der Waals surface area contributed by atoms with Crippen LogP contribution < -0.4 is 5.43 Å². The minimum atomic E-state index is -1.63. The Morgan fingerprint density at radius 2 is 1.39 bits per heavy atom. The number of esters is 3. The molecule has 0 aliphatic rings. The second-order valence-electron chi connectivity index (χ2n) is 5.94. The van der Waals surface area contributed by atoms with Crippen molar-refractivity contribution in [3.8, 4) is 0 Å². The molecule has 0 saturated carbocycles. The average molecular weight is 392 g/mol. The number of hydrazone groups is 1. The molecule has 1 aromatic carbocycles. The highest BCUT2D eigenvalue weighted by atomic mass is 16.5. The van der Waals surface area contributed by atoms with Crippen LogP contribution in [0.1, 0.15) is 40.5 Å². The van der Waals surface area contributed by atoms with Gasteiger partial charge in [-0.3, -0.25) is 19.8 Å². The molecule has 8 heteroatoms. The first kappa shape index (κ1) is 23.1. The molecule has 154 valence electrons. The molecule has 1 N–H and O–H groups in total. The Morgan fingerprint density at radius 1 is 0.893 bits per heavy atom. The van der Waals surface area contributed by atoms with Gasteiger partial charge in [-0.1, -0.05) is 18.2 Å². The van der Waals surface area contributed by atoms with Crippen molar-refractivity contribution in [3.05, 3.63) is 30.3 Å². The monoisotopic (exact) mass is 392 g/mol. The molecule has 0 aromatic heterocycles. The number of anilines is 1. The Bertz CT molecular complexity index is 667. The lowest BCUT2D eigenvalue weighted by Crippen LogP contribution is -2.44. The van der Waals surface area contributed by atoms with Gasteiger partial charge < -0.3 is 14.2 Å². The van der Waals surface area contributed by atoms with Crippen LogP contribution in [0.4, 0.5) is 5.69 Å². The number of nitrogens with zero attached hydrogens (tertiary/aromatic N) is 1. The predicted molar refractivity (Wildman–Crippen MR) is 105 cm³/mol. The SMILES string of the molecule is CCOC(=O)CC(CC(=O)OCC)(C(=O)OCC)/C(C)=N/Nc1ccccc1. The number of ether oxygens (including phenoxy) is 3. The van der Waals surface area contributed by atoms with E-state index < -0.39 is 23.3 Å². The van der Waals surface area contributed by atoms with E-state index in [1.807, 2.05) is 18.2 Å². The fourth-order valence-electron chi connectivity index (χ4n) is 2.56. The zero-order chi connectivity index (χ0) is 21.0. The summed E-state index contributed by atoms with van der Waals surface area (Å²) in [7, 11) is 0. The van der Waals surface area contributed by atoms with Gasteiger partial charge in [-0.25, -0.2) is 0 Å². The number of benzene rings is 1. The van der Waals surface area contributed by atoms with E-state index in [0.29, 0.717) is 5.69 Å². The third kappa shape index (κ3) is 6.68. The predicted octanol–water partition coefficient (Wildman–Crippen LogP) is 2.93. The second kappa shape index (κ2) is 11.7. The average Bonchev–Trinajstić information content (AvgIpc) is 2.66. The molecule has 0 saturated heterocycles. The summed E-state index contributed by atoms with van der Waals surface area (Å²) in [5.41, 5.74) is 2.11. The summed E-state index contributed by atoms with van der Waals surface area (Å²) in [5, 5.41) is 4.25. The van der Waals surface area contributed by atoms with Gasteiger partial charge in [0.05, 0.1) is 44.1 Å². The maximum Gasteiger partial charge on any atom is 0.319 e. The molecular formula is C20H28N2O6. The Labute approximate surface area is 165 Å². The van der Waals surface area contributed by atoms with Crippen LogP contribution in [0, 0.1) is 5.41 Å². The van der Waals surface area contributed by atoms with Crippen LogP contribution in [-0.2, 0) is 28.6 Å². The Hall–Kier alpha value is -2.90. The first-order valence-corrected chi connectivity index (χ1v) is 9.23. The lowest BCUT2D eigenvalue weighted by molar-refractivity contribution is -0.162. The summed E-state index contributed by atoms with van der Waals surface area (Å²) in [6.07, 6.45) is -0.769. The zero-order valence-corrected chi connectivity index (χ0v) is 16.8. The third-order valence-electron chi connectivity index (χ3n) is 3.99. The molecule has 0 aliphatic heterocycles. The molecule has 0 amide bonds. The maximum atomic E-state index is 12.9. The van der Waals surface area contributed by atoms with E-state index in [2.05, 4.69) is 10.5 Å². The van der Waals surface area contributed by atoms with Gasteiger partial charge in [-0.2, -0.15) is 5.10 Å². The summed E-state index contributed by atoms with van der Waals surface area (Å²) in [4.78, 5) is 37.3. The fourth-order valence-corrected chi connectivity index (χ4v) is 2.56. The van der Waals surface area contributed by atoms with Crippen LogP contribution in [-0.4, -0.2) is 43.4 Å². The fraction of sp³-hybridized carbons (Fsp3) is 0.500. The van der Waals surface area contributed by atoms with Gasteiger partial charge in [0.15, 0.2) is 0 Å². The van der Waals surface area contributed by atoms with Gasteiger partial charge in [0, 0.05) is 0 Å². The van der Waals surface area contributed by atoms with E-state index in [0.717, 1.165) is 0 Å². The molecule has 0 bridgehead atoms. The normalized spacial score (nSPS) is 11.5. The van der Waals surface area contributed by atoms with Crippen LogP contribution in [0.25, 0.3) is 0 Å². The van der Waals surface area contributed by atoms with Crippen molar-refractivity contribution < 1.29 is 28.6 Å². The van der Waals surface area contributed by atoms with E-state index in [4.69, 9.17) is 14.2 Å². The molecule has 1 rings (SSSR count). The topological polar surface area (TPSA) is 103 Å². The van der Waals surface area contributed by atoms with Crippen LogP contribution in [0.5, 0.6) is 0 Å². The van der Waals surface area contributed by atoms with Crippen molar-refractivity contribution in [2.45, 2.75) is 40.5 Å². The van der Waals surface area contributed by atoms with E-state index in [1.54, 1.807) is 39.8 Å². The Balaban J connectivity index is 3.30. The smallest absolute Gasteiger partial charge is 0.319 e. The molecule has 0 unspecified atom stereocenters. The summed E-state index contributed by atoms with van der Waals surface area (Å²) < 4.78 is 15.2. The first-order chi connectivity index (χ1) is 13.4. The molecule has 0 aliphatic carbocycles. The van der Waals surface area contributed by atoms with Gasteiger partial charge in [-0.15, -0.1) is 0 Å². The summed E-state index contributed by atoms with van der Waals surface area (Å²) in [6, 6.07) is 9.08. The van der Waals surface area contributed by atoms with Crippen molar-refractivity contribution in [2.75, 3.05) is 25.2 Å². The number of hydrogen-bond acceptors (Lipinski definition) is 8. The zero-order valence-electron chi connectivity index (χ0n) is 16.8. The number of rotatable bonds is 11. The summed E-state index contributed by atoms with van der Waals surface area (Å²) in [5.74, 6) is -1.99. The lowest BCUT2D eigenvalue weighted by Gasteiger charge is -2.29. The quantitative estimate of drug-likeness (QED) is 0.267.